The number of hydrogen-bond donors (Lipinski definition) is 2. The van der Waals surface area contributed by atoms with Gasteiger partial charge in [0.1, 0.15) is 5.84 Å². The van der Waals surface area contributed by atoms with Gasteiger partial charge in [-0.3, -0.25) is 0 Å². The van der Waals surface area contributed by atoms with Crippen LogP contribution in [-0.4, -0.2) is 60.0 Å². The zero-order valence-electron chi connectivity index (χ0n) is 17.4. The lowest BCUT2D eigenvalue weighted by atomic mass is 10.0. The molecule has 1 heterocycles. The van der Waals surface area contributed by atoms with Crippen molar-refractivity contribution in [2.45, 2.75) is 26.3 Å². The molecule has 1 aliphatic carbocycles. The van der Waals surface area contributed by atoms with Crippen molar-refractivity contribution in [1.29, 1.82) is 0 Å². The van der Waals surface area contributed by atoms with Crippen LogP contribution in [0.3, 0.4) is 0 Å². The van der Waals surface area contributed by atoms with Crippen LogP contribution >= 0.6 is 22.6 Å². The van der Waals surface area contributed by atoms with Crippen molar-refractivity contribution in [1.82, 2.24) is 14.9 Å². The van der Waals surface area contributed by atoms with Crippen molar-refractivity contribution in [2.24, 2.45) is 22.4 Å². The second-order valence-electron chi connectivity index (χ2n) is 7.76. The lowest BCUT2D eigenvalue weighted by Crippen LogP contribution is -2.56. The van der Waals surface area contributed by atoms with Crippen LogP contribution in [0, 0.1) is 9.49 Å². The van der Waals surface area contributed by atoms with Crippen LogP contribution in [0.25, 0.3) is 0 Å². The first-order chi connectivity index (χ1) is 14.0. The quantitative estimate of drug-likeness (QED) is 0.337. The molecule has 1 aliphatic heterocycles. The molecule has 0 radical (unpaired) electrons. The zero-order chi connectivity index (χ0) is 20.8. The van der Waals surface area contributed by atoms with Gasteiger partial charge < -0.3 is 16.4 Å². The number of rotatable bonds is 7. The summed E-state index contributed by atoms with van der Waals surface area (Å²) in [6, 6.07) is 8.72. The Morgan fingerprint density at radius 1 is 1.28 bits per heavy atom. The van der Waals surface area contributed by atoms with Crippen molar-refractivity contribution in [2.75, 3.05) is 39.3 Å². The van der Waals surface area contributed by atoms with Crippen LogP contribution in [0.1, 0.15) is 25.3 Å². The Kier molecular flexibility index (Phi) is 8.11. The number of amidine groups is 1. The number of allylic oxidation sites excluding steroid dienone is 1. The van der Waals surface area contributed by atoms with Gasteiger partial charge in [0, 0.05) is 66.9 Å². The van der Waals surface area contributed by atoms with E-state index < -0.39 is 0 Å². The fraction of sp³-hybridized carbons (Fsp3) is 0.500. The molecule has 29 heavy (non-hydrogen) atoms. The van der Waals surface area contributed by atoms with Gasteiger partial charge in [0.05, 0.1) is 0 Å². The van der Waals surface area contributed by atoms with Gasteiger partial charge in [-0.05, 0) is 59.0 Å². The smallest absolute Gasteiger partial charge is 0.133 e. The summed E-state index contributed by atoms with van der Waals surface area (Å²) >= 11 is 2.34. The summed E-state index contributed by atoms with van der Waals surface area (Å²) in [4.78, 5) is 7.00. The van der Waals surface area contributed by atoms with E-state index in [-0.39, 0.29) is 0 Å². The second kappa shape index (κ2) is 10.6. The number of piperazine rings is 1. The summed E-state index contributed by atoms with van der Waals surface area (Å²) in [6.07, 6.45) is 3.72. The first-order valence-corrected chi connectivity index (χ1v) is 11.5. The first kappa shape index (κ1) is 22.3. The van der Waals surface area contributed by atoms with Crippen molar-refractivity contribution >= 4 is 28.4 Å². The van der Waals surface area contributed by atoms with Gasteiger partial charge in [0.2, 0.25) is 0 Å². The topological polar surface area (TPSA) is 74.1 Å². The minimum absolute atomic E-state index is 0.460. The largest absolute Gasteiger partial charge is 0.402 e. The molecule has 2 aliphatic rings. The predicted octanol–water partition coefficient (Wildman–Crippen LogP) is 2.77. The van der Waals surface area contributed by atoms with Crippen LogP contribution in [0.15, 0.2) is 53.3 Å². The van der Waals surface area contributed by atoms with Gasteiger partial charge in [-0.2, -0.15) is 0 Å². The van der Waals surface area contributed by atoms with E-state index in [1.54, 1.807) is 6.20 Å². The third kappa shape index (κ3) is 5.59. The Morgan fingerprint density at radius 3 is 2.52 bits per heavy atom. The molecule has 158 valence electrons. The number of benzene rings is 1. The van der Waals surface area contributed by atoms with Crippen molar-refractivity contribution in [3.63, 3.8) is 0 Å². The van der Waals surface area contributed by atoms with Gasteiger partial charge in [-0.15, -0.1) is 0 Å². The molecule has 1 unspecified atom stereocenters. The number of nitrogens with two attached hydrogens (primary N) is 2. The summed E-state index contributed by atoms with van der Waals surface area (Å²) in [5.74, 6) is 1.48. The molecular weight excluding hydrogens is 475 g/mol. The van der Waals surface area contributed by atoms with Crippen LogP contribution in [-0.2, 0) is 6.54 Å². The Bertz CT molecular complexity index is 749. The van der Waals surface area contributed by atoms with Crippen molar-refractivity contribution in [3.8, 4) is 0 Å². The normalized spacial score (nSPS) is 21.3. The molecule has 0 amide bonds. The molecule has 7 heteroatoms. The zero-order valence-corrected chi connectivity index (χ0v) is 19.5. The second-order valence-corrected chi connectivity index (χ2v) is 9.00. The molecule has 0 spiro atoms. The maximum atomic E-state index is 6.32. The van der Waals surface area contributed by atoms with Gasteiger partial charge in [-0.1, -0.05) is 25.6 Å². The highest BCUT2D eigenvalue weighted by Gasteiger charge is 2.30. The van der Waals surface area contributed by atoms with E-state index in [9.17, 15) is 0 Å². The van der Waals surface area contributed by atoms with Crippen molar-refractivity contribution < 1.29 is 0 Å². The van der Waals surface area contributed by atoms with Gasteiger partial charge in [0.25, 0.3) is 0 Å². The molecule has 0 bridgehead atoms. The average Bonchev–Trinajstić information content (AvgIpc) is 3.06. The summed E-state index contributed by atoms with van der Waals surface area (Å²) in [5.41, 5.74) is 15.8. The van der Waals surface area contributed by atoms with Gasteiger partial charge in [-0.25, -0.2) is 15.0 Å². The third-order valence-corrected chi connectivity index (χ3v) is 6.48. The Balaban J connectivity index is 1.67. The SMILES string of the molecule is C=C/N=C(\C1=C(N)CCC1C)N1CCN(N(CCN)Cc2ccc(I)cc2)CC1. The van der Waals surface area contributed by atoms with Crippen molar-refractivity contribution in [3.05, 3.63) is 57.4 Å². The predicted molar refractivity (Wildman–Crippen MR) is 129 cm³/mol. The number of halogens is 1. The molecular formula is C22H33IN6. The molecule has 3 rings (SSSR count). The first-order valence-electron chi connectivity index (χ1n) is 10.4. The summed E-state index contributed by atoms with van der Waals surface area (Å²) in [5, 5.41) is 4.82. The lowest BCUT2D eigenvalue weighted by Gasteiger charge is -2.42. The molecule has 0 aromatic heterocycles. The number of nitrogens with zero attached hydrogens (tertiary/aromatic N) is 4. The molecule has 6 nitrogen and oxygen atoms in total. The highest BCUT2D eigenvalue weighted by atomic mass is 127. The monoisotopic (exact) mass is 508 g/mol. The fourth-order valence-corrected chi connectivity index (χ4v) is 4.56. The maximum Gasteiger partial charge on any atom is 0.133 e. The number of hydrazine groups is 1. The fourth-order valence-electron chi connectivity index (χ4n) is 4.20. The molecule has 1 atom stereocenters. The Labute approximate surface area is 188 Å². The minimum atomic E-state index is 0.460. The molecule has 4 N–H and O–H groups in total. The van der Waals surface area contributed by atoms with Crippen LogP contribution < -0.4 is 11.5 Å². The minimum Gasteiger partial charge on any atom is -0.402 e. The molecule has 0 saturated carbocycles. The van der Waals surface area contributed by atoms with Gasteiger partial charge in [0.15, 0.2) is 0 Å². The molecule has 1 aromatic carbocycles. The third-order valence-electron chi connectivity index (χ3n) is 5.76. The summed E-state index contributed by atoms with van der Waals surface area (Å²) in [7, 11) is 0. The van der Waals surface area contributed by atoms with E-state index in [1.807, 2.05) is 0 Å². The van der Waals surface area contributed by atoms with E-state index in [2.05, 4.69) is 80.3 Å². The number of hydrogen-bond acceptors (Lipinski definition) is 5. The molecule has 1 fully saturated rings. The Hall–Kier alpha value is -1.42. The summed E-state index contributed by atoms with van der Waals surface area (Å²) in [6.45, 7) is 12.2. The van der Waals surface area contributed by atoms with Crippen LogP contribution in [0.5, 0.6) is 0 Å². The van der Waals surface area contributed by atoms with E-state index >= 15 is 0 Å². The highest BCUT2D eigenvalue weighted by molar-refractivity contribution is 14.1. The number of aliphatic imine (C=N–C) groups is 1. The van der Waals surface area contributed by atoms with Gasteiger partial charge >= 0.3 is 0 Å². The average molecular weight is 508 g/mol. The standard InChI is InChI=1S/C22H33IN6/c1-3-26-22(21-17(2)4-9-20(21)25)27-12-14-28(15-13-27)29(11-10-24)16-18-5-7-19(23)8-6-18/h3,5-8,17H,1,4,9-16,24-25H2,2H3/b26-22+. The van der Waals surface area contributed by atoms with E-state index in [1.165, 1.54) is 14.7 Å². The van der Waals surface area contributed by atoms with Crippen LogP contribution in [0.2, 0.25) is 0 Å². The van der Waals surface area contributed by atoms with Crippen LogP contribution in [0.4, 0.5) is 0 Å². The lowest BCUT2D eigenvalue weighted by molar-refractivity contribution is -0.0523. The van der Waals surface area contributed by atoms with E-state index in [0.717, 1.165) is 63.6 Å². The summed E-state index contributed by atoms with van der Waals surface area (Å²) < 4.78 is 1.26. The molecule has 1 aromatic rings. The highest BCUT2D eigenvalue weighted by Crippen LogP contribution is 2.31. The van der Waals surface area contributed by atoms with E-state index in [4.69, 9.17) is 11.5 Å². The molecule has 1 saturated heterocycles. The van der Waals surface area contributed by atoms with E-state index in [0.29, 0.717) is 12.5 Å². The Morgan fingerprint density at radius 2 is 1.97 bits per heavy atom. The maximum absolute atomic E-state index is 6.32.